The van der Waals surface area contributed by atoms with Crippen molar-refractivity contribution in [3.63, 3.8) is 0 Å². The number of aryl methyl sites for hydroxylation is 2. The quantitative estimate of drug-likeness (QED) is 0.700. The SMILES string of the molecule is Cc1cccc(C)c1-c1cccc2sc(NC(C)C)nc12. The Kier molecular flexibility index (Phi) is 3.68. The fourth-order valence-corrected chi connectivity index (χ4v) is 3.74. The maximum atomic E-state index is 4.82. The summed E-state index contributed by atoms with van der Waals surface area (Å²) in [5, 5.41) is 4.41. The summed E-state index contributed by atoms with van der Waals surface area (Å²) in [6.07, 6.45) is 0. The summed E-state index contributed by atoms with van der Waals surface area (Å²) in [7, 11) is 0. The fourth-order valence-electron chi connectivity index (χ4n) is 2.70. The molecule has 21 heavy (non-hydrogen) atoms. The molecule has 1 heterocycles. The molecule has 0 spiro atoms. The van der Waals surface area contributed by atoms with Gasteiger partial charge in [-0.05, 0) is 50.5 Å². The van der Waals surface area contributed by atoms with Gasteiger partial charge >= 0.3 is 0 Å². The highest BCUT2D eigenvalue weighted by molar-refractivity contribution is 7.22. The highest BCUT2D eigenvalue weighted by Gasteiger charge is 2.13. The van der Waals surface area contributed by atoms with Crippen LogP contribution in [0, 0.1) is 13.8 Å². The number of thiazole rings is 1. The first kappa shape index (κ1) is 14.1. The lowest BCUT2D eigenvalue weighted by molar-refractivity contribution is 0.897. The topological polar surface area (TPSA) is 24.9 Å². The molecule has 1 N–H and O–H groups in total. The van der Waals surface area contributed by atoms with Crippen LogP contribution in [0.4, 0.5) is 5.13 Å². The number of benzene rings is 2. The van der Waals surface area contributed by atoms with Crippen molar-refractivity contribution in [1.82, 2.24) is 4.98 Å². The van der Waals surface area contributed by atoms with Crippen LogP contribution in [0.2, 0.25) is 0 Å². The van der Waals surface area contributed by atoms with Crippen LogP contribution in [0.1, 0.15) is 25.0 Å². The van der Waals surface area contributed by atoms with Gasteiger partial charge in [0.25, 0.3) is 0 Å². The highest BCUT2D eigenvalue weighted by Crippen LogP contribution is 2.36. The number of hydrogen-bond donors (Lipinski definition) is 1. The maximum Gasteiger partial charge on any atom is 0.184 e. The van der Waals surface area contributed by atoms with E-state index >= 15 is 0 Å². The first-order chi connectivity index (χ1) is 10.1. The number of para-hydroxylation sites is 1. The van der Waals surface area contributed by atoms with E-state index in [0.29, 0.717) is 6.04 Å². The predicted molar refractivity (Wildman–Crippen MR) is 93.3 cm³/mol. The summed E-state index contributed by atoms with van der Waals surface area (Å²) in [4.78, 5) is 4.82. The number of aromatic nitrogens is 1. The fraction of sp³-hybridized carbons (Fsp3) is 0.278. The van der Waals surface area contributed by atoms with Gasteiger partial charge in [0.1, 0.15) is 0 Å². The van der Waals surface area contributed by atoms with Crippen LogP contribution in [0.15, 0.2) is 36.4 Å². The molecule has 0 fully saturated rings. The molecular weight excluding hydrogens is 276 g/mol. The van der Waals surface area contributed by atoms with E-state index in [-0.39, 0.29) is 0 Å². The minimum absolute atomic E-state index is 0.397. The minimum atomic E-state index is 0.397. The lowest BCUT2D eigenvalue weighted by Crippen LogP contribution is -2.08. The zero-order chi connectivity index (χ0) is 15.0. The van der Waals surface area contributed by atoms with Crippen molar-refractivity contribution in [1.29, 1.82) is 0 Å². The van der Waals surface area contributed by atoms with Gasteiger partial charge < -0.3 is 5.32 Å². The van der Waals surface area contributed by atoms with Crippen LogP contribution < -0.4 is 5.32 Å². The number of nitrogens with zero attached hydrogens (tertiary/aromatic N) is 1. The van der Waals surface area contributed by atoms with E-state index in [0.717, 1.165) is 10.6 Å². The van der Waals surface area contributed by atoms with Crippen LogP contribution >= 0.6 is 11.3 Å². The molecule has 0 bridgehead atoms. The molecule has 1 aromatic heterocycles. The molecule has 0 aliphatic heterocycles. The van der Waals surface area contributed by atoms with Crippen molar-refractivity contribution in [3.05, 3.63) is 47.5 Å². The zero-order valence-corrected chi connectivity index (χ0v) is 13.7. The Morgan fingerprint density at radius 3 is 2.33 bits per heavy atom. The molecule has 0 aliphatic carbocycles. The molecule has 0 radical (unpaired) electrons. The Morgan fingerprint density at radius 2 is 1.67 bits per heavy atom. The molecule has 0 amide bonds. The van der Waals surface area contributed by atoms with Crippen LogP contribution in [0.5, 0.6) is 0 Å². The number of nitrogens with one attached hydrogen (secondary N) is 1. The number of fused-ring (bicyclic) bond motifs is 1. The Labute approximate surface area is 129 Å². The number of anilines is 1. The average molecular weight is 296 g/mol. The molecule has 0 saturated carbocycles. The van der Waals surface area contributed by atoms with E-state index in [2.05, 4.69) is 69.4 Å². The van der Waals surface area contributed by atoms with Crippen molar-refractivity contribution in [2.24, 2.45) is 0 Å². The van der Waals surface area contributed by atoms with Crippen LogP contribution in [-0.2, 0) is 0 Å². The van der Waals surface area contributed by atoms with Gasteiger partial charge in [-0.1, -0.05) is 41.7 Å². The monoisotopic (exact) mass is 296 g/mol. The molecule has 0 unspecified atom stereocenters. The van der Waals surface area contributed by atoms with Crippen molar-refractivity contribution in [2.75, 3.05) is 5.32 Å². The summed E-state index contributed by atoms with van der Waals surface area (Å²) >= 11 is 1.72. The molecular formula is C18H20N2S. The van der Waals surface area contributed by atoms with Gasteiger partial charge in [0, 0.05) is 11.6 Å². The summed E-state index contributed by atoms with van der Waals surface area (Å²) in [6, 6.07) is 13.3. The third-order valence-electron chi connectivity index (χ3n) is 3.58. The van der Waals surface area contributed by atoms with Gasteiger partial charge in [-0.2, -0.15) is 0 Å². The summed E-state index contributed by atoms with van der Waals surface area (Å²) in [6.45, 7) is 8.61. The van der Waals surface area contributed by atoms with Crippen molar-refractivity contribution in [2.45, 2.75) is 33.7 Å². The molecule has 3 heteroatoms. The van der Waals surface area contributed by atoms with E-state index in [1.807, 2.05) is 0 Å². The summed E-state index contributed by atoms with van der Waals surface area (Å²) in [5.74, 6) is 0. The Morgan fingerprint density at radius 1 is 1.00 bits per heavy atom. The molecule has 2 nitrogen and oxygen atoms in total. The van der Waals surface area contributed by atoms with E-state index < -0.39 is 0 Å². The van der Waals surface area contributed by atoms with Crippen molar-refractivity contribution < 1.29 is 0 Å². The molecule has 108 valence electrons. The highest BCUT2D eigenvalue weighted by atomic mass is 32.1. The van der Waals surface area contributed by atoms with Crippen molar-refractivity contribution >= 4 is 26.7 Å². The standard InChI is InChI=1S/C18H20N2S/c1-11(2)19-18-20-17-14(9-6-10-15(17)21-18)16-12(3)7-5-8-13(16)4/h5-11H,1-4H3,(H,19,20). The molecule has 0 saturated heterocycles. The van der Waals surface area contributed by atoms with E-state index in [1.165, 1.54) is 27.0 Å². The lowest BCUT2D eigenvalue weighted by atomic mass is 9.95. The third kappa shape index (κ3) is 2.66. The molecule has 3 aromatic rings. The maximum absolute atomic E-state index is 4.82. The van der Waals surface area contributed by atoms with Gasteiger partial charge in [0.15, 0.2) is 5.13 Å². The lowest BCUT2D eigenvalue weighted by Gasteiger charge is -2.10. The minimum Gasteiger partial charge on any atom is -0.359 e. The average Bonchev–Trinajstić information content (AvgIpc) is 2.80. The van der Waals surface area contributed by atoms with E-state index in [9.17, 15) is 0 Å². The summed E-state index contributed by atoms with van der Waals surface area (Å²) in [5.41, 5.74) is 6.24. The molecule has 0 atom stereocenters. The second-order valence-corrected chi connectivity index (χ2v) is 6.77. The smallest absolute Gasteiger partial charge is 0.184 e. The van der Waals surface area contributed by atoms with Crippen LogP contribution in [-0.4, -0.2) is 11.0 Å². The third-order valence-corrected chi connectivity index (χ3v) is 4.53. The Bertz CT molecular complexity index is 767. The normalized spacial score (nSPS) is 11.3. The van der Waals surface area contributed by atoms with Crippen LogP contribution in [0.25, 0.3) is 21.3 Å². The van der Waals surface area contributed by atoms with Gasteiger partial charge in [0.2, 0.25) is 0 Å². The Hall–Kier alpha value is -1.87. The van der Waals surface area contributed by atoms with E-state index in [1.54, 1.807) is 11.3 Å². The number of hydrogen-bond acceptors (Lipinski definition) is 3. The molecule has 2 aromatic carbocycles. The zero-order valence-electron chi connectivity index (χ0n) is 12.9. The van der Waals surface area contributed by atoms with Crippen LogP contribution in [0.3, 0.4) is 0 Å². The largest absolute Gasteiger partial charge is 0.359 e. The molecule has 0 aliphatic rings. The first-order valence-corrected chi connectivity index (χ1v) is 8.10. The van der Waals surface area contributed by atoms with Gasteiger partial charge in [0.05, 0.1) is 10.2 Å². The predicted octanol–water partition coefficient (Wildman–Crippen LogP) is 5.40. The second-order valence-electron chi connectivity index (χ2n) is 5.74. The van der Waals surface area contributed by atoms with Gasteiger partial charge in [-0.3, -0.25) is 0 Å². The first-order valence-electron chi connectivity index (χ1n) is 7.29. The second kappa shape index (κ2) is 5.49. The number of rotatable bonds is 3. The molecule has 3 rings (SSSR count). The van der Waals surface area contributed by atoms with Crippen molar-refractivity contribution in [3.8, 4) is 11.1 Å². The van der Waals surface area contributed by atoms with Gasteiger partial charge in [-0.15, -0.1) is 0 Å². The van der Waals surface area contributed by atoms with E-state index in [4.69, 9.17) is 4.98 Å². The Balaban J connectivity index is 2.21. The van der Waals surface area contributed by atoms with Gasteiger partial charge in [-0.25, -0.2) is 4.98 Å². The summed E-state index contributed by atoms with van der Waals surface area (Å²) < 4.78 is 1.23.